The number of aryl methyl sites for hydroxylation is 2. The van der Waals surface area contributed by atoms with Gasteiger partial charge in [0.15, 0.2) is 0 Å². The number of piperidine rings is 1. The highest BCUT2D eigenvalue weighted by molar-refractivity contribution is 7.21. The minimum atomic E-state index is 0.0938. The highest BCUT2D eigenvalue weighted by atomic mass is 32.1. The number of rotatable bonds is 2. The van der Waals surface area contributed by atoms with E-state index < -0.39 is 0 Å². The molecule has 2 aliphatic heterocycles. The van der Waals surface area contributed by atoms with E-state index in [0.29, 0.717) is 6.54 Å². The van der Waals surface area contributed by atoms with Crippen molar-refractivity contribution in [1.82, 2.24) is 19.4 Å². The Kier molecular flexibility index (Phi) is 4.29. The molecule has 0 aromatic carbocycles. The van der Waals surface area contributed by atoms with Gasteiger partial charge in [0, 0.05) is 36.6 Å². The van der Waals surface area contributed by atoms with Crippen molar-refractivity contribution in [2.45, 2.75) is 46.2 Å². The van der Waals surface area contributed by atoms with Gasteiger partial charge < -0.3 is 9.47 Å². The summed E-state index contributed by atoms with van der Waals surface area (Å²) < 4.78 is 2.26. The van der Waals surface area contributed by atoms with Gasteiger partial charge in [-0.1, -0.05) is 6.42 Å². The van der Waals surface area contributed by atoms with E-state index in [0.717, 1.165) is 33.0 Å². The molecule has 3 aromatic rings. The lowest BCUT2D eigenvalue weighted by atomic mass is 10.1. The SMILES string of the molecule is Cc1cc(C)c2c3c(sc2n1)C(=O)N(C)Cc1cc(CN2CCCCC2)cn1-3. The van der Waals surface area contributed by atoms with Crippen molar-refractivity contribution < 1.29 is 4.79 Å². The molecule has 0 atom stereocenters. The predicted octanol–water partition coefficient (Wildman–Crippen LogP) is 4.28. The van der Waals surface area contributed by atoms with Crippen LogP contribution in [0.5, 0.6) is 0 Å². The molecule has 0 unspecified atom stereocenters. The van der Waals surface area contributed by atoms with Gasteiger partial charge in [-0.15, -0.1) is 11.3 Å². The maximum absolute atomic E-state index is 13.1. The zero-order chi connectivity index (χ0) is 19.4. The van der Waals surface area contributed by atoms with Crippen molar-refractivity contribution in [3.05, 3.63) is 45.7 Å². The van der Waals surface area contributed by atoms with Crippen LogP contribution >= 0.6 is 11.3 Å². The third-order valence-electron chi connectivity index (χ3n) is 5.95. The minimum absolute atomic E-state index is 0.0938. The monoisotopic (exact) mass is 394 g/mol. The number of thiophene rings is 1. The number of carbonyl (C=O) groups excluding carboxylic acids is 1. The highest BCUT2D eigenvalue weighted by Gasteiger charge is 2.29. The lowest BCUT2D eigenvalue weighted by molar-refractivity contribution is 0.0792. The Morgan fingerprint density at radius 1 is 1.14 bits per heavy atom. The topological polar surface area (TPSA) is 41.4 Å². The lowest BCUT2D eigenvalue weighted by Gasteiger charge is -2.25. The average Bonchev–Trinajstić information content (AvgIpc) is 3.20. The Morgan fingerprint density at radius 3 is 2.71 bits per heavy atom. The van der Waals surface area contributed by atoms with E-state index in [1.54, 1.807) is 0 Å². The fraction of sp³-hybridized carbons (Fsp3) is 0.455. The van der Waals surface area contributed by atoms with Gasteiger partial charge in [-0.05, 0) is 63.0 Å². The van der Waals surface area contributed by atoms with Crippen LogP contribution in [0.3, 0.4) is 0 Å². The van der Waals surface area contributed by atoms with Crippen LogP contribution in [-0.4, -0.2) is 45.4 Å². The van der Waals surface area contributed by atoms with Gasteiger partial charge in [0.2, 0.25) is 0 Å². The average molecular weight is 395 g/mol. The number of fused-ring (bicyclic) bond motifs is 5. The van der Waals surface area contributed by atoms with Crippen LogP contribution in [0.25, 0.3) is 15.9 Å². The molecule has 5 rings (SSSR count). The molecule has 0 bridgehead atoms. The van der Waals surface area contributed by atoms with Crippen LogP contribution in [0.15, 0.2) is 18.3 Å². The third kappa shape index (κ3) is 2.86. The van der Waals surface area contributed by atoms with E-state index in [9.17, 15) is 4.79 Å². The molecule has 0 aliphatic carbocycles. The first-order valence-electron chi connectivity index (χ1n) is 10.1. The summed E-state index contributed by atoms with van der Waals surface area (Å²) >= 11 is 1.53. The van der Waals surface area contributed by atoms with Gasteiger partial charge in [0.25, 0.3) is 5.91 Å². The molecule has 1 amide bonds. The molecular weight excluding hydrogens is 368 g/mol. The Balaban J connectivity index is 1.66. The third-order valence-corrected chi connectivity index (χ3v) is 7.02. The van der Waals surface area contributed by atoms with Crippen LogP contribution < -0.4 is 0 Å². The van der Waals surface area contributed by atoms with E-state index in [1.807, 2.05) is 18.9 Å². The summed E-state index contributed by atoms with van der Waals surface area (Å²) in [6.45, 7) is 8.15. The largest absolute Gasteiger partial charge is 0.335 e. The first-order chi connectivity index (χ1) is 13.5. The van der Waals surface area contributed by atoms with Gasteiger partial charge in [-0.25, -0.2) is 4.98 Å². The van der Waals surface area contributed by atoms with Gasteiger partial charge >= 0.3 is 0 Å². The van der Waals surface area contributed by atoms with E-state index in [-0.39, 0.29) is 5.91 Å². The van der Waals surface area contributed by atoms with Crippen molar-refractivity contribution in [2.75, 3.05) is 20.1 Å². The second-order valence-corrected chi connectivity index (χ2v) is 9.25. The van der Waals surface area contributed by atoms with Crippen molar-refractivity contribution in [2.24, 2.45) is 0 Å². The van der Waals surface area contributed by atoms with Crippen molar-refractivity contribution in [3.8, 4) is 5.69 Å². The van der Waals surface area contributed by atoms with Crippen LogP contribution in [0.1, 0.15) is 51.4 Å². The standard InChI is InChI=1S/C22H26N4OS/c1-14-9-15(2)23-21-18(14)19-20(28-21)22(27)24(3)13-17-10-16(12-26(17)19)11-25-7-5-4-6-8-25/h9-10,12H,4-8,11,13H2,1-3H3. The zero-order valence-corrected chi connectivity index (χ0v) is 17.6. The number of likely N-dealkylation sites (tertiary alicyclic amines) is 1. The normalized spacial score (nSPS) is 17.7. The Hall–Kier alpha value is -2.18. The minimum Gasteiger partial charge on any atom is -0.335 e. The summed E-state index contributed by atoms with van der Waals surface area (Å²) in [6, 6.07) is 4.40. The molecule has 28 heavy (non-hydrogen) atoms. The predicted molar refractivity (Wildman–Crippen MR) is 113 cm³/mol. The summed E-state index contributed by atoms with van der Waals surface area (Å²) in [4.78, 5) is 23.9. The van der Waals surface area contributed by atoms with Crippen LogP contribution in [0, 0.1) is 13.8 Å². The maximum atomic E-state index is 13.1. The molecule has 0 saturated carbocycles. The van der Waals surface area contributed by atoms with Gasteiger partial charge in [-0.3, -0.25) is 9.69 Å². The number of hydrogen-bond donors (Lipinski definition) is 0. The van der Waals surface area contributed by atoms with Crippen molar-refractivity contribution >= 4 is 27.5 Å². The zero-order valence-electron chi connectivity index (χ0n) is 16.8. The van der Waals surface area contributed by atoms with Gasteiger partial charge in [0.1, 0.15) is 9.71 Å². The van der Waals surface area contributed by atoms with Crippen LogP contribution in [0.4, 0.5) is 0 Å². The molecule has 0 N–H and O–H groups in total. The number of amides is 1. The summed E-state index contributed by atoms with van der Waals surface area (Å²) in [6.07, 6.45) is 6.20. The number of aromatic nitrogens is 2. The van der Waals surface area contributed by atoms with E-state index in [4.69, 9.17) is 4.98 Å². The maximum Gasteiger partial charge on any atom is 0.266 e. The summed E-state index contributed by atoms with van der Waals surface area (Å²) in [5.74, 6) is 0.0938. The molecule has 5 nitrogen and oxygen atoms in total. The van der Waals surface area contributed by atoms with Crippen LogP contribution in [-0.2, 0) is 13.1 Å². The van der Waals surface area contributed by atoms with Gasteiger partial charge in [0.05, 0.1) is 12.2 Å². The van der Waals surface area contributed by atoms with E-state index in [2.05, 4.69) is 34.7 Å². The summed E-state index contributed by atoms with van der Waals surface area (Å²) in [7, 11) is 1.90. The van der Waals surface area contributed by atoms with Gasteiger partial charge in [-0.2, -0.15) is 0 Å². The molecule has 6 heteroatoms. The number of nitrogens with zero attached hydrogens (tertiary/aromatic N) is 4. The van der Waals surface area contributed by atoms with Crippen molar-refractivity contribution in [1.29, 1.82) is 0 Å². The highest BCUT2D eigenvalue weighted by Crippen LogP contribution is 2.39. The number of carbonyl (C=O) groups is 1. The van der Waals surface area contributed by atoms with E-state index >= 15 is 0 Å². The summed E-state index contributed by atoms with van der Waals surface area (Å²) in [5.41, 5.74) is 5.73. The van der Waals surface area contributed by atoms with Crippen molar-refractivity contribution in [3.63, 3.8) is 0 Å². The lowest BCUT2D eigenvalue weighted by Crippen LogP contribution is -2.28. The fourth-order valence-corrected chi connectivity index (χ4v) is 5.93. The molecule has 2 aliphatic rings. The smallest absolute Gasteiger partial charge is 0.266 e. The molecular formula is C22H26N4OS. The Bertz CT molecular complexity index is 1070. The van der Waals surface area contributed by atoms with E-state index in [1.165, 1.54) is 60.5 Å². The quantitative estimate of drug-likeness (QED) is 0.652. The molecule has 0 spiro atoms. The van der Waals surface area contributed by atoms with Crippen LogP contribution in [0.2, 0.25) is 0 Å². The Morgan fingerprint density at radius 2 is 1.93 bits per heavy atom. The Labute approximate surface area is 169 Å². The first-order valence-corrected chi connectivity index (χ1v) is 10.9. The second kappa shape index (κ2) is 6.71. The fourth-order valence-electron chi connectivity index (χ4n) is 4.65. The molecule has 1 saturated heterocycles. The molecule has 1 fully saturated rings. The second-order valence-electron chi connectivity index (χ2n) is 8.25. The molecule has 5 heterocycles. The molecule has 3 aromatic heterocycles. The number of hydrogen-bond acceptors (Lipinski definition) is 4. The summed E-state index contributed by atoms with van der Waals surface area (Å²) in [5, 5.41) is 1.12. The number of pyridine rings is 1. The molecule has 0 radical (unpaired) electrons. The first kappa shape index (κ1) is 17.9. The molecule has 146 valence electrons.